The van der Waals surface area contributed by atoms with E-state index in [0.717, 1.165) is 12.1 Å². The Morgan fingerprint density at radius 1 is 1.21 bits per heavy atom. The van der Waals surface area contributed by atoms with Gasteiger partial charge in [-0.25, -0.2) is 8.78 Å². The average Bonchev–Trinajstić information content (AvgIpc) is 2.36. The van der Waals surface area contributed by atoms with E-state index in [1.165, 1.54) is 6.07 Å². The second-order valence-electron chi connectivity index (χ2n) is 5.06. The van der Waals surface area contributed by atoms with E-state index in [4.69, 9.17) is 4.74 Å². The molecule has 0 heterocycles. The highest BCUT2D eigenvalue weighted by Crippen LogP contribution is 2.19. The summed E-state index contributed by atoms with van der Waals surface area (Å²) in [5.74, 6) is -0.457. The monoisotopic (exact) mass is 271 g/mol. The van der Waals surface area contributed by atoms with Gasteiger partial charge in [-0.1, -0.05) is 13.8 Å². The predicted molar refractivity (Wildman–Crippen MR) is 73.0 cm³/mol. The number of nitrogens with one attached hydrogen (secondary N) is 1. The van der Waals surface area contributed by atoms with E-state index in [1.54, 1.807) is 0 Å². The molecule has 0 aliphatic rings. The van der Waals surface area contributed by atoms with Crippen LogP contribution in [0.2, 0.25) is 0 Å². The summed E-state index contributed by atoms with van der Waals surface area (Å²) in [6.45, 7) is 9.13. The van der Waals surface area contributed by atoms with Crippen LogP contribution in [0.25, 0.3) is 0 Å². The predicted octanol–water partition coefficient (Wildman–Crippen LogP) is 3.68. The minimum absolute atomic E-state index is 0.109. The zero-order valence-electron chi connectivity index (χ0n) is 12.0. The van der Waals surface area contributed by atoms with Crippen LogP contribution in [0, 0.1) is 17.6 Å². The first kappa shape index (κ1) is 16.1. The van der Waals surface area contributed by atoms with Crippen molar-refractivity contribution in [3.05, 3.63) is 35.4 Å². The zero-order chi connectivity index (χ0) is 14.4. The molecule has 4 heteroatoms. The Labute approximate surface area is 114 Å². The lowest BCUT2D eigenvalue weighted by Crippen LogP contribution is -2.39. The van der Waals surface area contributed by atoms with Crippen LogP contribution in [0.1, 0.15) is 39.3 Å². The summed E-state index contributed by atoms with van der Waals surface area (Å²) in [5.41, 5.74) is 0.349. The third-order valence-electron chi connectivity index (χ3n) is 3.19. The Bertz CT molecular complexity index is 396. The maximum Gasteiger partial charge on any atom is 0.128 e. The third-order valence-corrected chi connectivity index (χ3v) is 3.19. The lowest BCUT2D eigenvalue weighted by Gasteiger charge is -2.26. The van der Waals surface area contributed by atoms with Gasteiger partial charge in [0.1, 0.15) is 11.6 Å². The Kier molecular flexibility index (Phi) is 6.38. The maximum atomic E-state index is 13.7. The van der Waals surface area contributed by atoms with Crippen LogP contribution in [-0.2, 0) is 4.74 Å². The minimum atomic E-state index is -0.420. The number of hydrogen-bond acceptors (Lipinski definition) is 2. The SMILES string of the molecule is CCOCC(NC(C)c1cc(F)ccc1F)C(C)C. The normalized spacial score (nSPS) is 14.7. The molecule has 2 unspecified atom stereocenters. The van der Waals surface area contributed by atoms with Crippen molar-refractivity contribution in [3.8, 4) is 0 Å². The molecule has 1 aromatic carbocycles. The zero-order valence-corrected chi connectivity index (χ0v) is 12.0. The summed E-state index contributed by atoms with van der Waals surface area (Å²) in [6, 6.07) is 3.38. The standard InChI is InChI=1S/C15H23F2NO/c1-5-19-9-15(10(2)3)18-11(4)13-8-12(16)6-7-14(13)17/h6-8,10-11,15,18H,5,9H2,1-4H3. The van der Waals surface area contributed by atoms with E-state index in [1.807, 2.05) is 13.8 Å². The summed E-state index contributed by atoms with van der Waals surface area (Å²) in [5, 5.41) is 3.30. The average molecular weight is 271 g/mol. The van der Waals surface area contributed by atoms with Gasteiger partial charge in [-0.2, -0.15) is 0 Å². The first-order chi connectivity index (χ1) is 8.95. The quantitative estimate of drug-likeness (QED) is 0.817. The molecule has 1 rings (SSSR count). The Morgan fingerprint density at radius 2 is 1.89 bits per heavy atom. The molecule has 0 amide bonds. The number of rotatable bonds is 7. The second kappa shape index (κ2) is 7.56. The van der Waals surface area contributed by atoms with Crippen molar-refractivity contribution >= 4 is 0 Å². The molecule has 2 nitrogen and oxygen atoms in total. The molecule has 0 saturated carbocycles. The Hall–Kier alpha value is -1.00. The fraction of sp³-hybridized carbons (Fsp3) is 0.600. The molecule has 2 atom stereocenters. The van der Waals surface area contributed by atoms with Crippen LogP contribution in [-0.4, -0.2) is 19.3 Å². The largest absolute Gasteiger partial charge is 0.380 e. The van der Waals surface area contributed by atoms with Gasteiger partial charge in [-0.3, -0.25) is 0 Å². The van der Waals surface area contributed by atoms with Gasteiger partial charge in [-0.05, 0) is 38.0 Å². The van der Waals surface area contributed by atoms with Crippen molar-refractivity contribution in [2.24, 2.45) is 5.92 Å². The molecular weight excluding hydrogens is 248 g/mol. The fourth-order valence-electron chi connectivity index (χ4n) is 1.94. The van der Waals surface area contributed by atoms with E-state index in [9.17, 15) is 8.78 Å². The second-order valence-corrected chi connectivity index (χ2v) is 5.06. The number of benzene rings is 1. The highest BCUT2D eigenvalue weighted by atomic mass is 19.1. The lowest BCUT2D eigenvalue weighted by atomic mass is 10.0. The van der Waals surface area contributed by atoms with Crippen LogP contribution < -0.4 is 5.32 Å². The summed E-state index contributed by atoms with van der Waals surface area (Å²) >= 11 is 0. The minimum Gasteiger partial charge on any atom is -0.380 e. The van der Waals surface area contributed by atoms with Crippen molar-refractivity contribution in [2.45, 2.75) is 39.8 Å². The summed E-state index contributed by atoms with van der Waals surface area (Å²) in [6.07, 6.45) is 0. The van der Waals surface area contributed by atoms with Crippen molar-refractivity contribution in [1.29, 1.82) is 0 Å². The summed E-state index contributed by atoms with van der Waals surface area (Å²) in [7, 11) is 0. The molecule has 0 spiro atoms. The first-order valence-corrected chi connectivity index (χ1v) is 6.74. The molecule has 0 bridgehead atoms. The number of ether oxygens (including phenoxy) is 1. The summed E-state index contributed by atoms with van der Waals surface area (Å²) in [4.78, 5) is 0. The van der Waals surface area contributed by atoms with E-state index < -0.39 is 5.82 Å². The fourth-order valence-corrected chi connectivity index (χ4v) is 1.94. The van der Waals surface area contributed by atoms with Gasteiger partial charge < -0.3 is 10.1 Å². The van der Waals surface area contributed by atoms with Crippen molar-refractivity contribution in [3.63, 3.8) is 0 Å². The topological polar surface area (TPSA) is 21.3 Å². The van der Waals surface area contributed by atoms with Gasteiger partial charge >= 0.3 is 0 Å². The molecule has 0 aliphatic carbocycles. The molecule has 0 aromatic heterocycles. The lowest BCUT2D eigenvalue weighted by molar-refractivity contribution is 0.104. The van der Waals surface area contributed by atoms with Crippen molar-refractivity contribution in [2.75, 3.05) is 13.2 Å². The molecule has 1 aromatic rings. The summed E-state index contributed by atoms with van der Waals surface area (Å²) < 4.78 is 32.3. The molecule has 0 radical (unpaired) electrons. The van der Waals surface area contributed by atoms with E-state index in [-0.39, 0.29) is 17.9 Å². The highest BCUT2D eigenvalue weighted by Gasteiger charge is 2.19. The molecule has 0 saturated heterocycles. The third kappa shape index (κ3) is 4.88. The molecule has 0 fully saturated rings. The van der Waals surface area contributed by atoms with Gasteiger partial charge in [0.25, 0.3) is 0 Å². The van der Waals surface area contributed by atoms with Gasteiger partial charge in [0, 0.05) is 24.3 Å². The molecule has 19 heavy (non-hydrogen) atoms. The van der Waals surface area contributed by atoms with E-state index >= 15 is 0 Å². The number of halogens is 2. The van der Waals surface area contributed by atoms with Gasteiger partial charge in [-0.15, -0.1) is 0 Å². The number of hydrogen-bond donors (Lipinski definition) is 1. The van der Waals surface area contributed by atoms with Crippen LogP contribution >= 0.6 is 0 Å². The van der Waals surface area contributed by atoms with Crippen LogP contribution in [0.15, 0.2) is 18.2 Å². The van der Waals surface area contributed by atoms with Gasteiger partial charge in [0.15, 0.2) is 0 Å². The van der Waals surface area contributed by atoms with Crippen LogP contribution in [0.3, 0.4) is 0 Å². The molecular formula is C15H23F2NO. The Balaban J connectivity index is 2.75. The first-order valence-electron chi connectivity index (χ1n) is 6.74. The van der Waals surface area contributed by atoms with Crippen LogP contribution in [0.5, 0.6) is 0 Å². The van der Waals surface area contributed by atoms with Gasteiger partial charge in [0.2, 0.25) is 0 Å². The maximum absolute atomic E-state index is 13.7. The van der Waals surface area contributed by atoms with Crippen molar-refractivity contribution in [1.82, 2.24) is 5.32 Å². The van der Waals surface area contributed by atoms with Gasteiger partial charge in [0.05, 0.1) is 6.61 Å². The van der Waals surface area contributed by atoms with E-state index in [2.05, 4.69) is 19.2 Å². The molecule has 0 aliphatic heterocycles. The van der Waals surface area contributed by atoms with Crippen LogP contribution in [0.4, 0.5) is 8.78 Å². The van der Waals surface area contributed by atoms with Crippen molar-refractivity contribution < 1.29 is 13.5 Å². The smallest absolute Gasteiger partial charge is 0.128 e. The molecule has 108 valence electrons. The molecule has 1 N–H and O–H groups in total. The van der Waals surface area contributed by atoms with E-state index in [0.29, 0.717) is 24.7 Å². The Morgan fingerprint density at radius 3 is 2.47 bits per heavy atom. The highest BCUT2D eigenvalue weighted by molar-refractivity contribution is 5.22.